The fraction of sp³-hybridized carbons (Fsp3) is 0.554. The molecule has 6 nitrogen and oxygen atoms in total. The molecule has 0 radical (unpaired) electrons. The number of unbranched alkanes of at least 4 members (excludes halogenated alkanes) is 14. The number of allylic oxidation sites excluding steroid dienone is 30. The first-order valence-electron chi connectivity index (χ1n) is 31.8. The van der Waals surface area contributed by atoms with E-state index in [-0.39, 0.29) is 37.5 Å². The van der Waals surface area contributed by atoms with Gasteiger partial charge in [0.2, 0.25) is 0 Å². The van der Waals surface area contributed by atoms with Crippen LogP contribution < -0.4 is 0 Å². The van der Waals surface area contributed by atoms with Gasteiger partial charge in [-0.25, -0.2) is 0 Å². The van der Waals surface area contributed by atoms with Gasteiger partial charge in [-0.05, 0) is 141 Å². The number of hydrogen-bond acceptors (Lipinski definition) is 6. The first kappa shape index (κ1) is 74.5. The van der Waals surface area contributed by atoms with Crippen LogP contribution in [0.4, 0.5) is 0 Å². The maximum atomic E-state index is 12.9. The molecule has 0 N–H and O–H groups in total. The smallest absolute Gasteiger partial charge is 0.306 e. The van der Waals surface area contributed by atoms with Crippen LogP contribution >= 0.6 is 0 Å². The Kier molecular flexibility index (Phi) is 61.5. The lowest BCUT2D eigenvalue weighted by Gasteiger charge is -2.18. The largest absolute Gasteiger partial charge is 0.462 e. The van der Waals surface area contributed by atoms with Crippen molar-refractivity contribution in [3.8, 4) is 0 Å². The van der Waals surface area contributed by atoms with Crippen molar-refractivity contribution in [1.29, 1.82) is 0 Å². The molecule has 0 aliphatic carbocycles. The maximum absolute atomic E-state index is 12.9. The normalized spacial score (nSPS) is 13.4. The first-order valence-corrected chi connectivity index (χ1v) is 31.8. The van der Waals surface area contributed by atoms with E-state index in [2.05, 4.69) is 203 Å². The molecule has 1 unspecified atom stereocenters. The summed E-state index contributed by atoms with van der Waals surface area (Å²) in [7, 11) is 0. The van der Waals surface area contributed by atoms with Gasteiger partial charge in [0.25, 0.3) is 0 Å². The van der Waals surface area contributed by atoms with Crippen LogP contribution in [0.15, 0.2) is 182 Å². The van der Waals surface area contributed by atoms with Gasteiger partial charge in [0.05, 0.1) is 0 Å². The van der Waals surface area contributed by atoms with Crippen molar-refractivity contribution in [2.24, 2.45) is 0 Å². The van der Waals surface area contributed by atoms with Crippen molar-refractivity contribution in [2.75, 3.05) is 13.2 Å². The molecule has 0 saturated carbocycles. The minimum Gasteiger partial charge on any atom is -0.462 e. The average Bonchev–Trinajstić information content (AvgIpc) is 3.46. The Balaban J connectivity index is 4.36. The zero-order valence-corrected chi connectivity index (χ0v) is 51.0. The molecule has 0 saturated heterocycles. The van der Waals surface area contributed by atoms with Crippen LogP contribution in [0.5, 0.6) is 0 Å². The topological polar surface area (TPSA) is 78.9 Å². The zero-order valence-electron chi connectivity index (χ0n) is 51.0. The Morgan fingerprint density at radius 2 is 0.487 bits per heavy atom. The predicted octanol–water partition coefficient (Wildman–Crippen LogP) is 22.0. The van der Waals surface area contributed by atoms with Gasteiger partial charge in [-0.1, -0.05) is 267 Å². The van der Waals surface area contributed by atoms with Crippen molar-refractivity contribution in [3.63, 3.8) is 0 Å². The lowest BCUT2D eigenvalue weighted by molar-refractivity contribution is -0.167. The highest BCUT2D eigenvalue weighted by Crippen LogP contribution is 2.13. The number of carbonyl (C=O) groups is 3. The van der Waals surface area contributed by atoms with Gasteiger partial charge in [-0.2, -0.15) is 0 Å². The molecule has 446 valence electrons. The number of esters is 3. The molecule has 6 heteroatoms. The van der Waals surface area contributed by atoms with Gasteiger partial charge in [-0.3, -0.25) is 14.4 Å². The highest BCUT2D eigenvalue weighted by molar-refractivity contribution is 5.71. The number of rotatable bonds is 55. The van der Waals surface area contributed by atoms with E-state index >= 15 is 0 Å². The fourth-order valence-electron chi connectivity index (χ4n) is 7.97. The van der Waals surface area contributed by atoms with Crippen molar-refractivity contribution in [2.45, 2.75) is 252 Å². The van der Waals surface area contributed by atoms with Crippen LogP contribution in [0.2, 0.25) is 0 Å². The Bertz CT molecular complexity index is 1890. The number of hydrogen-bond donors (Lipinski definition) is 0. The lowest BCUT2D eigenvalue weighted by atomic mass is 10.1. The second kappa shape index (κ2) is 66.0. The van der Waals surface area contributed by atoms with Gasteiger partial charge in [0.15, 0.2) is 6.10 Å². The summed E-state index contributed by atoms with van der Waals surface area (Å²) >= 11 is 0. The van der Waals surface area contributed by atoms with Gasteiger partial charge in [-0.15, -0.1) is 0 Å². The van der Waals surface area contributed by atoms with Gasteiger partial charge >= 0.3 is 17.9 Å². The Morgan fingerprint density at radius 3 is 0.775 bits per heavy atom. The second-order valence-corrected chi connectivity index (χ2v) is 20.2. The van der Waals surface area contributed by atoms with E-state index in [0.717, 1.165) is 173 Å². The molecule has 0 aliphatic rings. The molecular weight excluding hydrogens is 985 g/mol. The van der Waals surface area contributed by atoms with Crippen LogP contribution in [0.3, 0.4) is 0 Å². The van der Waals surface area contributed by atoms with E-state index < -0.39 is 6.10 Å². The molecule has 1 atom stereocenters. The highest BCUT2D eigenvalue weighted by Gasteiger charge is 2.19. The third-order valence-electron chi connectivity index (χ3n) is 12.7. The standard InChI is InChI=1S/C74H114O6/c1-4-7-10-13-16-19-21-23-25-27-29-31-33-34-35-36-37-38-39-40-42-43-45-47-49-51-53-55-58-61-64-67-73(76)79-70-71(69-78-72(75)66-63-60-57-18-15-12-9-6-3)80-74(77)68-65-62-59-56-54-52-50-48-46-44-41-32-30-28-26-24-22-20-17-14-11-8-5-2/h7-8,10-11,16-17,19-20,23-26,29-32,34-35,37-38,40,42,44-47,50-53,71H,4-6,9,12-15,18,21-22,27-28,33,36,39,41,43,48-49,54-70H2,1-3H3/b10-7-,11-8-,19-16-,20-17-,25-23-,26-24-,31-29-,32-30-,35-34-,38-37-,42-40-,46-44-,47-45-,52-50-,53-51-. The number of ether oxygens (including phenoxy) is 3. The molecule has 0 aliphatic heterocycles. The zero-order chi connectivity index (χ0) is 57.8. The quantitative estimate of drug-likeness (QED) is 0.0261. The molecule has 0 amide bonds. The Morgan fingerprint density at radius 1 is 0.263 bits per heavy atom. The van der Waals surface area contributed by atoms with Gasteiger partial charge in [0.1, 0.15) is 13.2 Å². The fourth-order valence-corrected chi connectivity index (χ4v) is 7.97. The minimum absolute atomic E-state index is 0.107. The molecule has 0 aromatic rings. The molecule has 0 spiro atoms. The molecule has 0 bridgehead atoms. The summed E-state index contributed by atoms with van der Waals surface area (Å²) in [6, 6.07) is 0. The van der Waals surface area contributed by atoms with Crippen LogP contribution in [0, 0.1) is 0 Å². The summed E-state index contributed by atoms with van der Waals surface area (Å²) in [6.07, 6.45) is 99.1. The lowest BCUT2D eigenvalue weighted by Crippen LogP contribution is -2.30. The third kappa shape index (κ3) is 63.3. The van der Waals surface area contributed by atoms with Crippen molar-refractivity contribution >= 4 is 17.9 Å². The van der Waals surface area contributed by atoms with Gasteiger partial charge in [0, 0.05) is 19.3 Å². The number of carbonyl (C=O) groups excluding carboxylic acids is 3. The summed E-state index contributed by atoms with van der Waals surface area (Å²) in [5, 5.41) is 0. The van der Waals surface area contributed by atoms with E-state index in [0.29, 0.717) is 12.8 Å². The van der Waals surface area contributed by atoms with E-state index in [9.17, 15) is 14.4 Å². The summed E-state index contributed by atoms with van der Waals surface area (Å²) in [5.74, 6) is -0.980. The van der Waals surface area contributed by atoms with E-state index in [1.807, 2.05) is 0 Å². The highest BCUT2D eigenvalue weighted by atomic mass is 16.6. The van der Waals surface area contributed by atoms with E-state index in [1.165, 1.54) is 32.1 Å². The minimum atomic E-state index is -0.814. The van der Waals surface area contributed by atoms with Crippen molar-refractivity contribution in [3.05, 3.63) is 182 Å². The second-order valence-electron chi connectivity index (χ2n) is 20.2. The monoisotopic (exact) mass is 1100 g/mol. The summed E-state index contributed by atoms with van der Waals surface area (Å²) in [6.45, 7) is 6.31. The van der Waals surface area contributed by atoms with Crippen LogP contribution in [0.1, 0.15) is 245 Å². The van der Waals surface area contributed by atoms with E-state index in [4.69, 9.17) is 14.2 Å². The van der Waals surface area contributed by atoms with Crippen molar-refractivity contribution < 1.29 is 28.6 Å². The summed E-state index contributed by atoms with van der Waals surface area (Å²) in [4.78, 5) is 38.1. The van der Waals surface area contributed by atoms with Gasteiger partial charge < -0.3 is 14.2 Å². The van der Waals surface area contributed by atoms with Crippen LogP contribution in [-0.4, -0.2) is 37.2 Å². The predicted molar refractivity (Wildman–Crippen MR) is 348 cm³/mol. The molecule has 0 fully saturated rings. The Hall–Kier alpha value is -5.49. The molecule has 0 rings (SSSR count). The van der Waals surface area contributed by atoms with E-state index in [1.54, 1.807) is 0 Å². The van der Waals surface area contributed by atoms with Crippen LogP contribution in [0.25, 0.3) is 0 Å². The average molecular weight is 1100 g/mol. The first-order chi connectivity index (χ1) is 39.5. The SMILES string of the molecule is CC/C=C\C/C=C\C/C=C\C/C=C\C/C=C\C/C=C\C/C=C\C/C=C\C/C=C\CCCCCC(=O)OCC(COC(=O)CCCCCCCCCC)OC(=O)CCCCCC/C=C\C/C=C\C/C=C\C/C=C\C/C=C\C/C=C\CC. The van der Waals surface area contributed by atoms with Crippen LogP contribution in [-0.2, 0) is 28.6 Å². The molecule has 0 aromatic carbocycles. The maximum Gasteiger partial charge on any atom is 0.306 e. The molecule has 0 heterocycles. The summed E-state index contributed by atoms with van der Waals surface area (Å²) in [5.41, 5.74) is 0. The summed E-state index contributed by atoms with van der Waals surface area (Å²) < 4.78 is 16.8. The molecular formula is C74H114O6. The molecule has 80 heavy (non-hydrogen) atoms. The molecule has 0 aromatic heterocycles. The third-order valence-corrected chi connectivity index (χ3v) is 12.7. The Labute approximate surface area is 491 Å². The van der Waals surface area contributed by atoms with Crippen molar-refractivity contribution in [1.82, 2.24) is 0 Å².